The second-order valence-corrected chi connectivity index (χ2v) is 15.0. The van der Waals surface area contributed by atoms with E-state index in [0.717, 1.165) is 0 Å². The van der Waals surface area contributed by atoms with E-state index in [4.69, 9.17) is 9.16 Å². The summed E-state index contributed by atoms with van der Waals surface area (Å²) in [6.45, 7) is 22.9. The standard InChI is InChI=1S/C21H39NO4Si/c1-11-12-21(13-14-25-27(9,10)20(6,7)8)16(2)22(15-17(21)23)18(24)26-19(3,4)5/h11,16H,1,12-15H2,2-10H3/t16-,21-/m1/s1. The van der Waals surface area contributed by atoms with Crippen molar-refractivity contribution in [3.63, 3.8) is 0 Å². The maximum atomic E-state index is 13.0. The third kappa shape index (κ3) is 5.44. The van der Waals surface area contributed by atoms with E-state index in [-0.39, 0.29) is 23.4 Å². The number of carbonyl (C=O) groups excluding carboxylic acids is 2. The average molecular weight is 398 g/mol. The lowest BCUT2D eigenvalue weighted by Gasteiger charge is -2.38. The molecule has 0 unspecified atom stereocenters. The molecule has 0 spiro atoms. The van der Waals surface area contributed by atoms with Crippen LogP contribution >= 0.6 is 0 Å². The van der Waals surface area contributed by atoms with E-state index in [9.17, 15) is 9.59 Å². The lowest BCUT2D eigenvalue weighted by Crippen LogP contribution is -2.45. The Balaban J connectivity index is 2.96. The summed E-state index contributed by atoms with van der Waals surface area (Å²) in [5.41, 5.74) is -1.24. The minimum absolute atomic E-state index is 0.0691. The van der Waals surface area contributed by atoms with Gasteiger partial charge in [0.25, 0.3) is 0 Å². The second kappa shape index (κ2) is 8.07. The number of hydrogen-bond acceptors (Lipinski definition) is 4. The molecule has 0 aromatic rings. The van der Waals surface area contributed by atoms with Crippen molar-refractivity contribution in [2.75, 3.05) is 13.2 Å². The van der Waals surface area contributed by atoms with Gasteiger partial charge in [-0.15, -0.1) is 6.58 Å². The van der Waals surface area contributed by atoms with E-state index in [2.05, 4.69) is 40.4 Å². The smallest absolute Gasteiger partial charge is 0.410 e. The second-order valence-electron chi connectivity index (χ2n) is 10.2. The Kier molecular flexibility index (Phi) is 7.15. The summed E-state index contributed by atoms with van der Waals surface area (Å²) in [7, 11) is -1.89. The largest absolute Gasteiger partial charge is 0.444 e. The molecule has 156 valence electrons. The Morgan fingerprint density at radius 1 is 1.30 bits per heavy atom. The number of ether oxygens (including phenoxy) is 1. The Labute approximate surface area is 166 Å². The number of nitrogens with zero attached hydrogens (tertiary/aromatic N) is 1. The first-order valence-electron chi connectivity index (χ1n) is 9.85. The normalized spacial score (nSPS) is 24.3. The first kappa shape index (κ1) is 23.9. The highest BCUT2D eigenvalue weighted by atomic mass is 28.4. The van der Waals surface area contributed by atoms with Gasteiger partial charge in [-0.1, -0.05) is 26.8 Å². The van der Waals surface area contributed by atoms with Crippen LogP contribution in [0.4, 0.5) is 4.79 Å². The maximum absolute atomic E-state index is 13.0. The molecule has 0 aromatic carbocycles. The molecule has 0 aliphatic carbocycles. The van der Waals surface area contributed by atoms with Crippen molar-refractivity contribution < 1.29 is 18.8 Å². The predicted molar refractivity (Wildman–Crippen MR) is 112 cm³/mol. The fraction of sp³-hybridized carbons (Fsp3) is 0.810. The van der Waals surface area contributed by atoms with Crippen LogP contribution in [-0.4, -0.2) is 49.9 Å². The van der Waals surface area contributed by atoms with Crippen LogP contribution in [-0.2, 0) is 14.0 Å². The van der Waals surface area contributed by atoms with Gasteiger partial charge in [-0.3, -0.25) is 9.69 Å². The first-order chi connectivity index (χ1) is 12.1. The summed E-state index contributed by atoms with van der Waals surface area (Å²) >= 11 is 0. The molecule has 5 nitrogen and oxygen atoms in total. The molecule has 1 amide bonds. The fourth-order valence-electron chi connectivity index (χ4n) is 3.22. The third-order valence-corrected chi connectivity index (χ3v) is 10.6. The molecule has 0 aromatic heterocycles. The molecule has 1 heterocycles. The summed E-state index contributed by atoms with van der Waals surface area (Å²) in [6, 6.07) is -0.249. The number of amides is 1. The van der Waals surface area contributed by atoms with Gasteiger partial charge in [0, 0.05) is 12.6 Å². The molecule has 1 aliphatic rings. The number of rotatable bonds is 6. The zero-order valence-corrected chi connectivity index (χ0v) is 19.8. The van der Waals surface area contributed by atoms with Gasteiger partial charge in [0.15, 0.2) is 14.1 Å². The van der Waals surface area contributed by atoms with Gasteiger partial charge >= 0.3 is 6.09 Å². The average Bonchev–Trinajstić information content (AvgIpc) is 2.70. The zero-order chi connectivity index (χ0) is 21.3. The quantitative estimate of drug-likeness (QED) is 0.458. The first-order valence-corrected chi connectivity index (χ1v) is 12.8. The predicted octanol–water partition coefficient (Wildman–Crippen LogP) is 5.17. The summed E-state index contributed by atoms with van der Waals surface area (Å²) in [5.74, 6) is 0.0691. The minimum atomic E-state index is -1.89. The molecule has 1 saturated heterocycles. The van der Waals surface area contributed by atoms with Crippen molar-refractivity contribution >= 4 is 20.2 Å². The number of hydrogen-bond donors (Lipinski definition) is 0. The van der Waals surface area contributed by atoms with Crippen LogP contribution in [0, 0.1) is 5.41 Å². The van der Waals surface area contributed by atoms with Crippen LogP contribution < -0.4 is 0 Å². The van der Waals surface area contributed by atoms with Crippen LogP contribution in [0.25, 0.3) is 0 Å². The number of carbonyl (C=O) groups is 2. The van der Waals surface area contributed by atoms with E-state index in [1.165, 1.54) is 0 Å². The van der Waals surface area contributed by atoms with Crippen molar-refractivity contribution in [3.05, 3.63) is 12.7 Å². The van der Waals surface area contributed by atoms with Crippen LogP contribution in [0.2, 0.25) is 18.1 Å². The van der Waals surface area contributed by atoms with Gasteiger partial charge in [-0.25, -0.2) is 4.79 Å². The highest BCUT2D eigenvalue weighted by Crippen LogP contribution is 2.43. The van der Waals surface area contributed by atoms with Gasteiger partial charge in [-0.2, -0.15) is 0 Å². The Morgan fingerprint density at radius 2 is 1.85 bits per heavy atom. The van der Waals surface area contributed by atoms with Crippen molar-refractivity contribution in [2.24, 2.45) is 5.41 Å². The van der Waals surface area contributed by atoms with Crippen LogP contribution in [0.1, 0.15) is 61.3 Å². The summed E-state index contributed by atoms with van der Waals surface area (Å²) < 4.78 is 11.8. The van der Waals surface area contributed by atoms with Gasteiger partial charge in [0.05, 0.1) is 12.0 Å². The number of Topliss-reactive ketones (excluding diaryl/α,β-unsaturated/α-hetero) is 1. The Bertz CT molecular complexity index is 574. The highest BCUT2D eigenvalue weighted by molar-refractivity contribution is 6.74. The number of likely N-dealkylation sites (tertiary alicyclic amines) is 1. The van der Waals surface area contributed by atoms with Gasteiger partial charge in [-0.05, 0) is 58.7 Å². The fourth-order valence-corrected chi connectivity index (χ4v) is 4.27. The molecule has 0 radical (unpaired) electrons. The lowest BCUT2D eigenvalue weighted by molar-refractivity contribution is -0.125. The lowest BCUT2D eigenvalue weighted by atomic mass is 9.74. The molecule has 0 N–H and O–H groups in total. The number of ketones is 1. The van der Waals surface area contributed by atoms with E-state index >= 15 is 0 Å². The Morgan fingerprint density at radius 3 is 2.30 bits per heavy atom. The molecule has 6 heteroatoms. The summed E-state index contributed by atoms with van der Waals surface area (Å²) in [4.78, 5) is 27.1. The van der Waals surface area contributed by atoms with E-state index in [1.54, 1.807) is 11.0 Å². The molecular weight excluding hydrogens is 358 g/mol. The number of allylic oxidation sites excluding steroid dienone is 1. The summed E-state index contributed by atoms with van der Waals surface area (Å²) in [6.07, 6.45) is 2.47. The van der Waals surface area contributed by atoms with E-state index in [0.29, 0.717) is 19.4 Å². The summed E-state index contributed by atoms with van der Waals surface area (Å²) in [5, 5.41) is 0.118. The molecule has 27 heavy (non-hydrogen) atoms. The zero-order valence-electron chi connectivity index (χ0n) is 18.8. The van der Waals surface area contributed by atoms with Gasteiger partial charge in [0.1, 0.15) is 5.60 Å². The van der Waals surface area contributed by atoms with Crippen molar-refractivity contribution in [1.29, 1.82) is 0 Å². The highest BCUT2D eigenvalue weighted by Gasteiger charge is 2.53. The minimum Gasteiger partial charge on any atom is -0.444 e. The van der Waals surface area contributed by atoms with E-state index < -0.39 is 25.4 Å². The molecular formula is C21H39NO4Si. The van der Waals surface area contributed by atoms with Crippen LogP contribution in [0.3, 0.4) is 0 Å². The SMILES string of the molecule is C=CC[C@]1(CCO[Si](C)(C)C(C)(C)C)C(=O)CN(C(=O)OC(C)(C)C)[C@@H]1C. The Hall–Kier alpha value is -1.14. The molecule has 0 saturated carbocycles. The van der Waals surface area contributed by atoms with E-state index in [1.807, 2.05) is 27.7 Å². The van der Waals surface area contributed by atoms with Crippen LogP contribution in [0.5, 0.6) is 0 Å². The third-order valence-electron chi connectivity index (χ3n) is 6.09. The molecule has 1 aliphatic heterocycles. The van der Waals surface area contributed by atoms with Crippen molar-refractivity contribution in [3.8, 4) is 0 Å². The monoisotopic (exact) mass is 397 g/mol. The van der Waals surface area contributed by atoms with Gasteiger partial charge < -0.3 is 9.16 Å². The molecule has 1 rings (SSSR count). The van der Waals surface area contributed by atoms with Crippen molar-refractivity contribution in [1.82, 2.24) is 4.90 Å². The molecule has 0 bridgehead atoms. The van der Waals surface area contributed by atoms with Crippen molar-refractivity contribution in [2.45, 2.75) is 91.1 Å². The van der Waals surface area contributed by atoms with Crippen LogP contribution in [0.15, 0.2) is 12.7 Å². The molecule has 2 atom stereocenters. The maximum Gasteiger partial charge on any atom is 0.410 e. The molecule has 1 fully saturated rings. The topological polar surface area (TPSA) is 55.8 Å². The van der Waals surface area contributed by atoms with Gasteiger partial charge in [0.2, 0.25) is 0 Å².